The van der Waals surface area contributed by atoms with E-state index in [1.807, 2.05) is 0 Å². The molecule has 1 atom stereocenters. The number of quaternary nitrogens is 1. The summed E-state index contributed by atoms with van der Waals surface area (Å²) in [5.41, 5.74) is 4.14. The SMILES string of the molecule is Cc1cc(C[NH2+][C@H]2CCS(=O)(=O)C2)c(C)n1C1CCCCC1. The minimum Gasteiger partial charge on any atom is -0.346 e. The number of sulfone groups is 1. The number of hydrogen-bond donors (Lipinski definition) is 1. The third kappa shape index (κ3) is 3.40. The van der Waals surface area contributed by atoms with Crippen molar-refractivity contribution in [2.45, 2.75) is 71.0 Å². The lowest BCUT2D eigenvalue weighted by Gasteiger charge is -2.26. The monoisotopic (exact) mass is 325 g/mol. The molecule has 0 unspecified atom stereocenters. The first-order valence-corrected chi connectivity index (χ1v) is 10.5. The normalized spacial score (nSPS) is 25.6. The van der Waals surface area contributed by atoms with Crippen molar-refractivity contribution < 1.29 is 13.7 Å². The average molecular weight is 325 g/mol. The summed E-state index contributed by atoms with van der Waals surface area (Å²) in [5, 5.41) is 2.23. The topological polar surface area (TPSA) is 55.7 Å². The average Bonchev–Trinajstić information content (AvgIpc) is 2.97. The molecule has 0 radical (unpaired) electrons. The van der Waals surface area contributed by atoms with Crippen LogP contribution in [0.15, 0.2) is 6.07 Å². The largest absolute Gasteiger partial charge is 0.346 e. The van der Waals surface area contributed by atoms with Crippen molar-refractivity contribution in [3.63, 3.8) is 0 Å². The Hall–Kier alpha value is -0.810. The van der Waals surface area contributed by atoms with Gasteiger partial charge in [0.25, 0.3) is 0 Å². The van der Waals surface area contributed by atoms with Crippen molar-refractivity contribution in [1.82, 2.24) is 4.57 Å². The van der Waals surface area contributed by atoms with E-state index in [1.54, 1.807) is 0 Å². The fourth-order valence-corrected chi connectivity index (χ4v) is 6.04. The number of nitrogens with zero attached hydrogens (tertiary/aromatic N) is 1. The van der Waals surface area contributed by atoms with Gasteiger partial charge in [0.05, 0.1) is 5.75 Å². The quantitative estimate of drug-likeness (QED) is 0.919. The van der Waals surface area contributed by atoms with E-state index in [2.05, 4.69) is 29.8 Å². The first-order valence-electron chi connectivity index (χ1n) is 8.67. The smallest absolute Gasteiger partial charge is 0.156 e. The summed E-state index contributed by atoms with van der Waals surface area (Å²) in [7, 11) is -2.77. The number of aromatic nitrogens is 1. The zero-order valence-corrected chi connectivity index (χ0v) is 14.7. The molecule has 0 bridgehead atoms. The Morgan fingerprint density at radius 1 is 1.18 bits per heavy atom. The van der Waals surface area contributed by atoms with E-state index in [0.29, 0.717) is 17.5 Å². The van der Waals surface area contributed by atoms with E-state index in [0.717, 1.165) is 13.0 Å². The molecule has 4 nitrogen and oxygen atoms in total. The maximum absolute atomic E-state index is 11.6. The van der Waals surface area contributed by atoms with Crippen molar-refractivity contribution in [3.8, 4) is 0 Å². The molecular formula is C17H29N2O2S+. The summed E-state index contributed by atoms with van der Waals surface area (Å²) in [6.07, 6.45) is 7.50. The van der Waals surface area contributed by atoms with E-state index in [4.69, 9.17) is 0 Å². The molecule has 0 spiro atoms. The second-order valence-electron chi connectivity index (χ2n) is 7.16. The van der Waals surface area contributed by atoms with Crippen LogP contribution in [-0.4, -0.2) is 30.5 Å². The lowest BCUT2D eigenvalue weighted by atomic mass is 9.95. The molecule has 1 aliphatic heterocycles. The van der Waals surface area contributed by atoms with E-state index in [1.165, 1.54) is 49.1 Å². The van der Waals surface area contributed by atoms with Gasteiger partial charge in [0.1, 0.15) is 18.3 Å². The number of rotatable bonds is 4. The third-order valence-electron chi connectivity index (χ3n) is 5.47. The highest BCUT2D eigenvalue weighted by molar-refractivity contribution is 7.91. The summed E-state index contributed by atoms with van der Waals surface area (Å²) in [6.45, 7) is 5.36. The van der Waals surface area contributed by atoms with E-state index >= 15 is 0 Å². The van der Waals surface area contributed by atoms with Crippen LogP contribution in [0.3, 0.4) is 0 Å². The first-order chi connectivity index (χ1) is 10.5. The molecular weight excluding hydrogens is 296 g/mol. The van der Waals surface area contributed by atoms with Crippen LogP contribution in [-0.2, 0) is 16.4 Å². The zero-order chi connectivity index (χ0) is 15.7. The molecule has 2 N–H and O–H groups in total. The van der Waals surface area contributed by atoms with E-state index in [9.17, 15) is 8.42 Å². The van der Waals surface area contributed by atoms with Crippen LogP contribution in [0.2, 0.25) is 0 Å². The maximum atomic E-state index is 11.6. The van der Waals surface area contributed by atoms with E-state index < -0.39 is 9.84 Å². The predicted molar refractivity (Wildman–Crippen MR) is 88.7 cm³/mol. The summed E-state index contributed by atoms with van der Waals surface area (Å²) in [5.74, 6) is 0.726. The summed E-state index contributed by atoms with van der Waals surface area (Å²) in [4.78, 5) is 0. The number of aryl methyl sites for hydroxylation is 1. The van der Waals surface area contributed by atoms with Crippen LogP contribution >= 0.6 is 0 Å². The third-order valence-corrected chi connectivity index (χ3v) is 7.26. The molecule has 1 saturated carbocycles. The molecule has 5 heteroatoms. The highest BCUT2D eigenvalue weighted by Gasteiger charge is 2.30. The van der Waals surface area contributed by atoms with Gasteiger partial charge in [-0.3, -0.25) is 0 Å². The lowest BCUT2D eigenvalue weighted by Crippen LogP contribution is -2.89. The predicted octanol–water partition coefficient (Wildman–Crippen LogP) is 1.86. The molecule has 124 valence electrons. The van der Waals surface area contributed by atoms with Gasteiger partial charge in [0, 0.05) is 29.4 Å². The van der Waals surface area contributed by atoms with Gasteiger partial charge in [0.2, 0.25) is 0 Å². The van der Waals surface area contributed by atoms with Crippen molar-refractivity contribution >= 4 is 9.84 Å². The van der Waals surface area contributed by atoms with Gasteiger partial charge >= 0.3 is 0 Å². The number of nitrogens with two attached hydrogens (primary N) is 1. The molecule has 2 fully saturated rings. The molecule has 22 heavy (non-hydrogen) atoms. The fourth-order valence-electron chi connectivity index (χ4n) is 4.26. The highest BCUT2D eigenvalue weighted by Crippen LogP contribution is 2.31. The molecule has 1 aromatic heterocycles. The second-order valence-corrected chi connectivity index (χ2v) is 9.39. The molecule has 1 aromatic rings. The second kappa shape index (κ2) is 6.36. The van der Waals surface area contributed by atoms with Gasteiger partial charge in [-0.15, -0.1) is 0 Å². The summed E-state index contributed by atoms with van der Waals surface area (Å²) in [6, 6.07) is 3.24. The van der Waals surface area contributed by atoms with Crippen LogP contribution in [0.4, 0.5) is 0 Å². The molecule has 1 saturated heterocycles. The Bertz CT molecular complexity index is 627. The van der Waals surface area contributed by atoms with Gasteiger partial charge in [-0.05, 0) is 32.8 Å². The van der Waals surface area contributed by atoms with Gasteiger partial charge in [0.15, 0.2) is 9.84 Å². The van der Waals surface area contributed by atoms with Gasteiger partial charge in [-0.1, -0.05) is 19.3 Å². The Balaban J connectivity index is 1.67. The van der Waals surface area contributed by atoms with Crippen LogP contribution in [0.5, 0.6) is 0 Å². The summed E-state index contributed by atoms with van der Waals surface area (Å²) < 4.78 is 25.7. The molecule has 0 aromatic carbocycles. The molecule has 1 aliphatic carbocycles. The van der Waals surface area contributed by atoms with Crippen molar-refractivity contribution in [2.75, 3.05) is 11.5 Å². The maximum Gasteiger partial charge on any atom is 0.156 e. The highest BCUT2D eigenvalue weighted by atomic mass is 32.2. The Morgan fingerprint density at radius 3 is 2.55 bits per heavy atom. The standard InChI is InChI=1S/C17H28N2O2S/c1-13-10-15(11-18-16-8-9-22(20,21)12-16)14(2)19(13)17-6-4-3-5-7-17/h10,16-18H,3-9,11-12H2,1-2H3/p+1/t16-/m0/s1. The Labute approximate surface area is 134 Å². The Morgan fingerprint density at radius 2 is 1.91 bits per heavy atom. The van der Waals surface area contributed by atoms with Crippen LogP contribution in [0.25, 0.3) is 0 Å². The van der Waals surface area contributed by atoms with Gasteiger partial charge < -0.3 is 9.88 Å². The van der Waals surface area contributed by atoms with Crippen molar-refractivity contribution in [3.05, 3.63) is 23.0 Å². The first kappa shape index (κ1) is 16.1. The summed E-state index contributed by atoms with van der Waals surface area (Å²) >= 11 is 0. The molecule has 2 aliphatic rings. The van der Waals surface area contributed by atoms with Crippen molar-refractivity contribution in [1.29, 1.82) is 0 Å². The van der Waals surface area contributed by atoms with Crippen LogP contribution in [0, 0.1) is 13.8 Å². The minimum absolute atomic E-state index is 0.253. The number of hydrogen-bond acceptors (Lipinski definition) is 2. The Kier molecular flexibility index (Phi) is 4.64. The minimum atomic E-state index is -2.77. The van der Waals surface area contributed by atoms with Crippen LogP contribution < -0.4 is 5.32 Å². The fraction of sp³-hybridized carbons (Fsp3) is 0.765. The van der Waals surface area contributed by atoms with Gasteiger partial charge in [-0.25, -0.2) is 8.42 Å². The lowest BCUT2D eigenvalue weighted by molar-refractivity contribution is -0.699. The zero-order valence-electron chi connectivity index (χ0n) is 13.8. The van der Waals surface area contributed by atoms with Crippen molar-refractivity contribution in [2.24, 2.45) is 0 Å². The van der Waals surface area contributed by atoms with Crippen LogP contribution in [0.1, 0.15) is 61.5 Å². The van der Waals surface area contributed by atoms with Gasteiger partial charge in [-0.2, -0.15) is 0 Å². The molecule has 2 heterocycles. The van der Waals surface area contributed by atoms with E-state index in [-0.39, 0.29) is 6.04 Å². The molecule has 0 amide bonds. The molecule has 3 rings (SSSR count).